The highest BCUT2D eigenvalue weighted by Crippen LogP contribution is 2.02. The first-order valence-corrected chi connectivity index (χ1v) is 4.79. The Balaban J connectivity index is 2.45. The first kappa shape index (κ1) is 10.8. The lowest BCUT2D eigenvalue weighted by Gasteiger charge is -2.04. The highest BCUT2D eigenvalue weighted by molar-refractivity contribution is 5.69. The average molecular weight is 196 g/mol. The molecule has 0 saturated heterocycles. The molecule has 0 aliphatic heterocycles. The fourth-order valence-corrected chi connectivity index (χ4v) is 1.34. The second kappa shape index (κ2) is 4.79. The molecule has 0 bridgehead atoms. The molecule has 78 valence electrons. The Hall–Kier alpha value is -1.32. The molecule has 1 aromatic heterocycles. The first-order chi connectivity index (χ1) is 6.63. The second-order valence-electron chi connectivity index (χ2n) is 3.18. The van der Waals surface area contributed by atoms with Gasteiger partial charge in [0.1, 0.15) is 5.82 Å². The van der Waals surface area contributed by atoms with Crippen LogP contribution in [0.3, 0.4) is 0 Å². The van der Waals surface area contributed by atoms with E-state index in [0.717, 1.165) is 11.5 Å². The van der Waals surface area contributed by atoms with Gasteiger partial charge in [0.05, 0.1) is 18.7 Å². The Kier molecular flexibility index (Phi) is 3.68. The lowest BCUT2D eigenvalue weighted by molar-refractivity contribution is -0.143. The van der Waals surface area contributed by atoms with Crippen molar-refractivity contribution in [2.45, 2.75) is 33.7 Å². The summed E-state index contributed by atoms with van der Waals surface area (Å²) < 4.78 is 6.80. The molecule has 0 amide bonds. The number of aryl methyl sites for hydroxylation is 3. The van der Waals surface area contributed by atoms with Crippen molar-refractivity contribution < 1.29 is 9.53 Å². The van der Waals surface area contributed by atoms with Gasteiger partial charge >= 0.3 is 5.97 Å². The predicted molar refractivity (Wildman–Crippen MR) is 53.0 cm³/mol. The van der Waals surface area contributed by atoms with Crippen LogP contribution in [0.4, 0.5) is 0 Å². The van der Waals surface area contributed by atoms with Gasteiger partial charge in [-0.05, 0) is 20.8 Å². The van der Waals surface area contributed by atoms with Crippen LogP contribution in [0.2, 0.25) is 0 Å². The standard InChI is InChI=1S/C10H16N2O2/c1-4-14-10(13)5-6-12-7-8(2)11-9(12)3/h7H,4-6H2,1-3H3. The van der Waals surface area contributed by atoms with Crippen molar-refractivity contribution in [2.24, 2.45) is 0 Å². The van der Waals surface area contributed by atoms with E-state index in [9.17, 15) is 4.79 Å². The van der Waals surface area contributed by atoms with Gasteiger partial charge in [0.15, 0.2) is 0 Å². The minimum Gasteiger partial charge on any atom is -0.466 e. The number of carbonyl (C=O) groups is 1. The SMILES string of the molecule is CCOC(=O)CCn1cc(C)nc1C. The molecule has 0 aliphatic rings. The number of hydrogen-bond donors (Lipinski definition) is 0. The van der Waals surface area contributed by atoms with Crippen LogP contribution in [0.15, 0.2) is 6.20 Å². The first-order valence-electron chi connectivity index (χ1n) is 4.79. The number of imidazole rings is 1. The zero-order valence-electron chi connectivity index (χ0n) is 8.91. The highest BCUT2D eigenvalue weighted by Gasteiger charge is 2.04. The van der Waals surface area contributed by atoms with Gasteiger partial charge in [0.2, 0.25) is 0 Å². The van der Waals surface area contributed by atoms with E-state index in [0.29, 0.717) is 19.6 Å². The molecule has 4 nitrogen and oxygen atoms in total. The van der Waals surface area contributed by atoms with Crippen molar-refractivity contribution in [1.82, 2.24) is 9.55 Å². The molecule has 0 atom stereocenters. The van der Waals surface area contributed by atoms with Gasteiger partial charge in [-0.3, -0.25) is 4.79 Å². The van der Waals surface area contributed by atoms with Crippen LogP contribution in [0.5, 0.6) is 0 Å². The molecule has 0 aliphatic carbocycles. The summed E-state index contributed by atoms with van der Waals surface area (Å²) >= 11 is 0. The van der Waals surface area contributed by atoms with Gasteiger partial charge in [-0.15, -0.1) is 0 Å². The molecular formula is C10H16N2O2. The zero-order chi connectivity index (χ0) is 10.6. The van der Waals surface area contributed by atoms with Crippen LogP contribution >= 0.6 is 0 Å². The van der Waals surface area contributed by atoms with Crippen LogP contribution in [-0.4, -0.2) is 22.1 Å². The Morgan fingerprint density at radius 1 is 1.57 bits per heavy atom. The minimum atomic E-state index is -0.154. The Labute approximate surface area is 83.9 Å². The molecule has 14 heavy (non-hydrogen) atoms. The number of esters is 1. The average Bonchev–Trinajstić information content (AvgIpc) is 2.42. The van der Waals surface area contributed by atoms with E-state index >= 15 is 0 Å². The van der Waals surface area contributed by atoms with Crippen molar-refractivity contribution in [3.63, 3.8) is 0 Å². The van der Waals surface area contributed by atoms with Gasteiger partial charge in [0.25, 0.3) is 0 Å². The van der Waals surface area contributed by atoms with Crippen molar-refractivity contribution in [1.29, 1.82) is 0 Å². The smallest absolute Gasteiger partial charge is 0.307 e. The molecule has 0 spiro atoms. The second-order valence-corrected chi connectivity index (χ2v) is 3.18. The number of rotatable bonds is 4. The van der Waals surface area contributed by atoms with Gasteiger partial charge < -0.3 is 9.30 Å². The van der Waals surface area contributed by atoms with E-state index in [4.69, 9.17) is 4.74 Å². The highest BCUT2D eigenvalue weighted by atomic mass is 16.5. The summed E-state index contributed by atoms with van der Waals surface area (Å²) in [5.41, 5.74) is 0.978. The molecule has 1 heterocycles. The number of aromatic nitrogens is 2. The quantitative estimate of drug-likeness (QED) is 0.685. The van der Waals surface area contributed by atoms with Crippen molar-refractivity contribution in [2.75, 3.05) is 6.61 Å². The molecule has 1 aromatic rings. The monoisotopic (exact) mass is 196 g/mol. The van der Waals surface area contributed by atoms with Crippen molar-refractivity contribution in [3.05, 3.63) is 17.7 Å². The van der Waals surface area contributed by atoms with Gasteiger partial charge in [-0.1, -0.05) is 0 Å². The van der Waals surface area contributed by atoms with Gasteiger partial charge in [-0.25, -0.2) is 4.98 Å². The molecule has 4 heteroatoms. The predicted octanol–water partition coefficient (Wildman–Crippen LogP) is 1.45. The summed E-state index contributed by atoms with van der Waals surface area (Å²) in [6, 6.07) is 0. The summed E-state index contributed by atoms with van der Waals surface area (Å²) in [5.74, 6) is 0.782. The number of nitrogens with zero attached hydrogens (tertiary/aromatic N) is 2. The molecule has 0 fully saturated rings. The summed E-state index contributed by atoms with van der Waals surface area (Å²) in [6.07, 6.45) is 2.35. The van der Waals surface area contributed by atoms with Crippen molar-refractivity contribution in [3.8, 4) is 0 Å². The molecule has 0 N–H and O–H groups in total. The van der Waals surface area contributed by atoms with Crippen LogP contribution in [-0.2, 0) is 16.1 Å². The van der Waals surface area contributed by atoms with Crippen LogP contribution in [0.1, 0.15) is 24.9 Å². The van der Waals surface area contributed by atoms with E-state index in [1.54, 1.807) is 0 Å². The lowest BCUT2D eigenvalue weighted by Crippen LogP contribution is -2.09. The molecule has 0 aromatic carbocycles. The fraction of sp³-hybridized carbons (Fsp3) is 0.600. The normalized spacial score (nSPS) is 10.2. The Bertz CT molecular complexity index is 318. The summed E-state index contributed by atoms with van der Waals surface area (Å²) in [6.45, 7) is 6.77. The molecular weight excluding hydrogens is 180 g/mol. The van der Waals surface area contributed by atoms with Gasteiger partial charge in [0, 0.05) is 12.7 Å². The van der Waals surface area contributed by atoms with E-state index in [1.807, 2.05) is 31.5 Å². The number of carbonyl (C=O) groups excluding carboxylic acids is 1. The van der Waals surface area contributed by atoms with E-state index in [2.05, 4.69) is 4.98 Å². The summed E-state index contributed by atoms with van der Waals surface area (Å²) in [4.78, 5) is 15.3. The summed E-state index contributed by atoms with van der Waals surface area (Å²) in [5, 5.41) is 0. The molecule has 1 rings (SSSR count). The Morgan fingerprint density at radius 3 is 2.79 bits per heavy atom. The lowest BCUT2D eigenvalue weighted by atomic mass is 10.4. The van der Waals surface area contributed by atoms with Crippen LogP contribution in [0.25, 0.3) is 0 Å². The van der Waals surface area contributed by atoms with E-state index in [-0.39, 0.29) is 5.97 Å². The van der Waals surface area contributed by atoms with E-state index in [1.165, 1.54) is 0 Å². The fourth-order valence-electron chi connectivity index (χ4n) is 1.34. The maximum Gasteiger partial charge on any atom is 0.307 e. The number of hydrogen-bond acceptors (Lipinski definition) is 3. The van der Waals surface area contributed by atoms with Crippen molar-refractivity contribution >= 4 is 5.97 Å². The van der Waals surface area contributed by atoms with E-state index < -0.39 is 0 Å². The third kappa shape index (κ3) is 2.87. The maximum atomic E-state index is 11.1. The minimum absolute atomic E-state index is 0.154. The topological polar surface area (TPSA) is 44.1 Å². The zero-order valence-corrected chi connectivity index (χ0v) is 8.91. The largest absolute Gasteiger partial charge is 0.466 e. The molecule has 0 unspecified atom stereocenters. The summed E-state index contributed by atoms with van der Waals surface area (Å²) in [7, 11) is 0. The molecule has 0 radical (unpaired) electrons. The third-order valence-electron chi connectivity index (χ3n) is 1.96. The molecule has 0 saturated carbocycles. The Morgan fingerprint density at radius 2 is 2.29 bits per heavy atom. The number of ether oxygens (including phenoxy) is 1. The van der Waals surface area contributed by atoms with Crippen LogP contribution in [0, 0.1) is 13.8 Å². The third-order valence-corrected chi connectivity index (χ3v) is 1.96. The van der Waals surface area contributed by atoms with Gasteiger partial charge in [-0.2, -0.15) is 0 Å². The van der Waals surface area contributed by atoms with Crippen LogP contribution < -0.4 is 0 Å². The maximum absolute atomic E-state index is 11.1.